The van der Waals surface area contributed by atoms with Crippen LogP contribution in [0.3, 0.4) is 0 Å². The SMILES string of the molecule is CCc1[nH]c(C(=O)N2CCOC(c3cc(F)c(Cl)cc3Cl)C2)c(C)c1C(=O)OC. The summed E-state index contributed by atoms with van der Waals surface area (Å²) < 4.78 is 24.5. The third kappa shape index (κ3) is 4.13. The van der Waals surface area contributed by atoms with E-state index in [2.05, 4.69) is 4.98 Å². The number of morpholine rings is 1. The lowest BCUT2D eigenvalue weighted by Crippen LogP contribution is -2.42. The van der Waals surface area contributed by atoms with E-state index in [9.17, 15) is 14.0 Å². The Morgan fingerprint density at radius 1 is 1.34 bits per heavy atom. The number of benzene rings is 1. The largest absolute Gasteiger partial charge is 0.465 e. The Morgan fingerprint density at radius 2 is 2.07 bits per heavy atom. The molecule has 0 aliphatic carbocycles. The van der Waals surface area contributed by atoms with Gasteiger partial charge in [0.15, 0.2) is 0 Å². The number of methoxy groups -OCH3 is 1. The number of nitrogens with one attached hydrogen (secondary N) is 1. The Hall–Kier alpha value is -2.09. The molecule has 1 atom stereocenters. The van der Waals surface area contributed by atoms with Crippen molar-refractivity contribution in [3.63, 3.8) is 0 Å². The summed E-state index contributed by atoms with van der Waals surface area (Å²) in [6.45, 7) is 4.40. The fraction of sp³-hybridized carbons (Fsp3) is 0.400. The molecule has 29 heavy (non-hydrogen) atoms. The smallest absolute Gasteiger partial charge is 0.339 e. The molecule has 1 aromatic heterocycles. The van der Waals surface area contributed by atoms with Crippen LogP contribution in [0.15, 0.2) is 12.1 Å². The molecule has 6 nitrogen and oxygen atoms in total. The number of hydrogen-bond donors (Lipinski definition) is 1. The minimum atomic E-state index is -0.603. The molecule has 1 N–H and O–H groups in total. The van der Waals surface area contributed by atoms with Gasteiger partial charge in [0, 0.05) is 22.8 Å². The van der Waals surface area contributed by atoms with E-state index in [0.29, 0.717) is 41.0 Å². The van der Waals surface area contributed by atoms with Crippen LogP contribution in [0.1, 0.15) is 50.7 Å². The fourth-order valence-corrected chi connectivity index (χ4v) is 3.99. The number of aromatic amines is 1. The molecule has 0 bridgehead atoms. The van der Waals surface area contributed by atoms with Crippen LogP contribution < -0.4 is 0 Å². The van der Waals surface area contributed by atoms with Crippen molar-refractivity contribution in [2.75, 3.05) is 26.8 Å². The number of ether oxygens (including phenoxy) is 2. The van der Waals surface area contributed by atoms with E-state index in [1.807, 2.05) is 6.92 Å². The number of hydrogen-bond acceptors (Lipinski definition) is 4. The summed E-state index contributed by atoms with van der Waals surface area (Å²) in [6.07, 6.45) is -0.0443. The predicted octanol–water partition coefficient (Wildman–Crippen LogP) is 4.33. The average Bonchev–Trinajstić information content (AvgIpc) is 3.06. The van der Waals surface area contributed by atoms with Crippen LogP contribution in [0.2, 0.25) is 10.0 Å². The third-order valence-electron chi connectivity index (χ3n) is 5.02. The van der Waals surface area contributed by atoms with Crippen molar-refractivity contribution < 1.29 is 23.5 Å². The number of carbonyl (C=O) groups excluding carboxylic acids is 2. The Balaban J connectivity index is 1.88. The van der Waals surface area contributed by atoms with Crippen molar-refractivity contribution in [1.29, 1.82) is 0 Å². The van der Waals surface area contributed by atoms with Crippen molar-refractivity contribution in [2.45, 2.75) is 26.4 Å². The Bertz CT molecular complexity index is 960. The topological polar surface area (TPSA) is 71.6 Å². The fourth-order valence-electron chi connectivity index (χ4n) is 3.48. The summed E-state index contributed by atoms with van der Waals surface area (Å²) in [7, 11) is 1.30. The molecular formula is C20H21Cl2FN2O4. The van der Waals surface area contributed by atoms with Gasteiger partial charge in [0.2, 0.25) is 0 Å². The highest BCUT2D eigenvalue weighted by Crippen LogP contribution is 2.33. The van der Waals surface area contributed by atoms with E-state index in [1.54, 1.807) is 11.8 Å². The molecule has 2 heterocycles. The number of rotatable bonds is 4. The Labute approximate surface area is 177 Å². The molecule has 1 aliphatic rings. The molecule has 1 aliphatic heterocycles. The molecule has 1 saturated heterocycles. The van der Waals surface area contributed by atoms with Crippen LogP contribution in [-0.4, -0.2) is 48.6 Å². The van der Waals surface area contributed by atoms with Gasteiger partial charge < -0.3 is 19.4 Å². The second kappa shape index (κ2) is 8.73. The second-order valence-corrected chi connectivity index (χ2v) is 7.54. The van der Waals surface area contributed by atoms with Crippen LogP contribution in [-0.2, 0) is 15.9 Å². The summed E-state index contributed by atoms with van der Waals surface area (Å²) in [6, 6.07) is 2.55. The maximum absolute atomic E-state index is 13.9. The average molecular weight is 443 g/mol. The first-order valence-electron chi connectivity index (χ1n) is 9.13. The van der Waals surface area contributed by atoms with Crippen molar-refractivity contribution in [3.8, 4) is 0 Å². The van der Waals surface area contributed by atoms with Crippen LogP contribution in [0, 0.1) is 12.7 Å². The van der Waals surface area contributed by atoms with Gasteiger partial charge in [0.1, 0.15) is 17.6 Å². The monoisotopic (exact) mass is 442 g/mol. The molecule has 156 valence electrons. The molecule has 0 spiro atoms. The number of esters is 1. The first-order valence-corrected chi connectivity index (χ1v) is 9.89. The van der Waals surface area contributed by atoms with E-state index in [0.717, 1.165) is 0 Å². The highest BCUT2D eigenvalue weighted by Gasteiger charge is 2.31. The number of amides is 1. The van der Waals surface area contributed by atoms with E-state index >= 15 is 0 Å². The summed E-state index contributed by atoms with van der Waals surface area (Å²) >= 11 is 12.0. The maximum atomic E-state index is 13.9. The predicted molar refractivity (Wildman–Crippen MR) is 107 cm³/mol. The van der Waals surface area contributed by atoms with Gasteiger partial charge in [0.05, 0.1) is 30.8 Å². The molecule has 1 fully saturated rings. The number of aryl methyl sites for hydroxylation is 1. The zero-order chi connectivity index (χ0) is 21.3. The molecule has 1 amide bonds. The molecular weight excluding hydrogens is 422 g/mol. The van der Waals surface area contributed by atoms with Gasteiger partial charge in [-0.05, 0) is 31.0 Å². The maximum Gasteiger partial charge on any atom is 0.339 e. The van der Waals surface area contributed by atoms with Crippen LogP contribution in [0.4, 0.5) is 4.39 Å². The van der Waals surface area contributed by atoms with Gasteiger partial charge in [-0.3, -0.25) is 4.79 Å². The zero-order valence-corrected chi connectivity index (χ0v) is 17.8. The second-order valence-electron chi connectivity index (χ2n) is 6.72. The standard InChI is InChI=1S/C20H21Cl2FN2O4/c1-4-15-17(20(27)28-3)10(2)18(24-15)19(26)25-5-6-29-16(9-25)11-7-14(23)13(22)8-12(11)21/h7-8,16,24H,4-6,9H2,1-3H3. The number of H-pyrrole nitrogens is 1. The summed E-state index contributed by atoms with van der Waals surface area (Å²) in [5.41, 5.74) is 2.32. The van der Waals surface area contributed by atoms with Gasteiger partial charge in [-0.2, -0.15) is 0 Å². The lowest BCUT2D eigenvalue weighted by atomic mass is 10.1. The molecule has 9 heteroatoms. The molecule has 1 aromatic carbocycles. The lowest BCUT2D eigenvalue weighted by Gasteiger charge is -2.33. The minimum Gasteiger partial charge on any atom is -0.465 e. The van der Waals surface area contributed by atoms with Crippen molar-refractivity contribution in [2.24, 2.45) is 0 Å². The van der Waals surface area contributed by atoms with Crippen LogP contribution in [0.25, 0.3) is 0 Å². The molecule has 0 saturated carbocycles. The van der Waals surface area contributed by atoms with E-state index in [4.69, 9.17) is 32.7 Å². The quantitative estimate of drug-likeness (QED) is 0.564. The lowest BCUT2D eigenvalue weighted by molar-refractivity contribution is -0.0230. The van der Waals surface area contributed by atoms with Crippen molar-refractivity contribution >= 4 is 35.1 Å². The highest BCUT2D eigenvalue weighted by molar-refractivity contribution is 6.35. The normalized spacial score (nSPS) is 16.8. The zero-order valence-electron chi connectivity index (χ0n) is 16.3. The van der Waals surface area contributed by atoms with Gasteiger partial charge in [-0.25, -0.2) is 9.18 Å². The van der Waals surface area contributed by atoms with Gasteiger partial charge in [-0.15, -0.1) is 0 Å². The molecule has 1 unspecified atom stereocenters. The summed E-state index contributed by atoms with van der Waals surface area (Å²) in [5, 5.41) is 0.194. The molecule has 0 radical (unpaired) electrons. The number of nitrogens with zero attached hydrogens (tertiary/aromatic N) is 1. The van der Waals surface area contributed by atoms with Crippen molar-refractivity contribution in [1.82, 2.24) is 9.88 Å². The minimum absolute atomic E-state index is 0.0769. The number of halogens is 3. The van der Waals surface area contributed by atoms with Crippen LogP contribution >= 0.6 is 23.2 Å². The number of aromatic nitrogens is 1. The molecule has 2 aromatic rings. The van der Waals surface area contributed by atoms with Gasteiger partial charge in [0.25, 0.3) is 5.91 Å². The highest BCUT2D eigenvalue weighted by atomic mass is 35.5. The van der Waals surface area contributed by atoms with Crippen LogP contribution in [0.5, 0.6) is 0 Å². The summed E-state index contributed by atoms with van der Waals surface area (Å²) in [4.78, 5) is 29.9. The van der Waals surface area contributed by atoms with E-state index in [-0.39, 0.29) is 29.1 Å². The molecule has 3 rings (SSSR count). The Morgan fingerprint density at radius 3 is 2.72 bits per heavy atom. The van der Waals surface area contributed by atoms with Gasteiger partial charge in [-0.1, -0.05) is 30.1 Å². The third-order valence-corrected chi connectivity index (χ3v) is 5.64. The first kappa shape index (κ1) is 21.6. The van der Waals surface area contributed by atoms with Crippen molar-refractivity contribution in [3.05, 3.63) is 56.1 Å². The summed E-state index contributed by atoms with van der Waals surface area (Å²) in [5.74, 6) is -1.36. The van der Waals surface area contributed by atoms with E-state index < -0.39 is 17.9 Å². The first-order chi connectivity index (χ1) is 13.8. The Kier molecular flexibility index (Phi) is 6.51. The van der Waals surface area contributed by atoms with E-state index in [1.165, 1.54) is 19.2 Å². The number of carbonyl (C=O) groups is 2. The van der Waals surface area contributed by atoms with Gasteiger partial charge >= 0.3 is 5.97 Å².